The monoisotopic (exact) mass is 327 g/mol. The molecule has 3 aromatic heterocycles. The molecule has 0 saturated heterocycles. The number of amides is 1. The van der Waals surface area contributed by atoms with Gasteiger partial charge in [-0.1, -0.05) is 0 Å². The highest BCUT2D eigenvalue weighted by molar-refractivity contribution is 7.14. The van der Waals surface area contributed by atoms with Crippen LogP contribution in [0.15, 0.2) is 24.0 Å². The lowest BCUT2D eigenvalue weighted by molar-refractivity contribution is -0.122. The van der Waals surface area contributed by atoms with E-state index in [9.17, 15) is 9.59 Å². The molecule has 0 aromatic carbocycles. The Bertz CT molecular complexity index is 900. The molecule has 3 heterocycles. The number of nitrogens with zero attached hydrogens (tertiary/aromatic N) is 3. The van der Waals surface area contributed by atoms with Gasteiger partial charge in [-0.05, 0) is 12.5 Å². The molecule has 0 aliphatic heterocycles. The molecule has 2 N–H and O–H groups in total. The van der Waals surface area contributed by atoms with Crippen LogP contribution in [0.1, 0.15) is 19.3 Å². The molecule has 1 aliphatic carbocycles. The van der Waals surface area contributed by atoms with Gasteiger partial charge in [0, 0.05) is 35.7 Å². The predicted octanol–water partition coefficient (Wildman–Crippen LogP) is 2.39. The van der Waals surface area contributed by atoms with E-state index in [0.29, 0.717) is 30.1 Å². The van der Waals surface area contributed by atoms with Crippen LogP contribution in [0.25, 0.3) is 22.4 Å². The van der Waals surface area contributed by atoms with Crippen LogP contribution in [0.2, 0.25) is 0 Å². The fraction of sp³-hybridized carbons (Fsp3) is 0.267. The lowest BCUT2D eigenvalue weighted by Gasteiger charge is -2.06. The fourth-order valence-corrected chi connectivity index (χ4v) is 3.46. The first kappa shape index (κ1) is 14.0. The van der Waals surface area contributed by atoms with E-state index in [2.05, 4.69) is 25.3 Å². The normalized spacial score (nSPS) is 17.7. The van der Waals surface area contributed by atoms with Crippen LogP contribution >= 0.6 is 11.3 Å². The van der Waals surface area contributed by atoms with Crippen LogP contribution in [0.5, 0.6) is 0 Å². The SMILES string of the molecule is O=C1CCC(C(=O)Nc2nc(-c3ncnc4[nH]ccc34)cs2)C1. The third-order valence-electron chi connectivity index (χ3n) is 3.95. The first-order valence-corrected chi connectivity index (χ1v) is 8.15. The molecule has 3 aromatic rings. The standard InChI is InChI=1S/C15H13N5O2S/c21-9-2-1-8(5-9)14(22)20-15-19-11(6-23-15)12-10-3-4-16-13(10)18-7-17-12/h3-4,6-8H,1-2,5H2,(H,16,17,18)(H,19,20,22). The minimum absolute atomic E-state index is 0.133. The summed E-state index contributed by atoms with van der Waals surface area (Å²) in [6.45, 7) is 0. The number of nitrogens with one attached hydrogen (secondary N) is 2. The van der Waals surface area contributed by atoms with Crippen LogP contribution < -0.4 is 5.32 Å². The smallest absolute Gasteiger partial charge is 0.229 e. The van der Waals surface area contributed by atoms with Crippen molar-refractivity contribution in [3.63, 3.8) is 0 Å². The average Bonchev–Trinajstić information content (AvgIpc) is 3.26. The maximum absolute atomic E-state index is 12.1. The molecular formula is C15H13N5O2S. The van der Waals surface area contributed by atoms with Crippen LogP contribution in [0.3, 0.4) is 0 Å². The number of ketones is 1. The second-order valence-corrected chi connectivity index (χ2v) is 6.33. The molecule has 4 rings (SSSR count). The van der Waals surface area contributed by atoms with Crippen molar-refractivity contribution in [2.75, 3.05) is 5.32 Å². The van der Waals surface area contributed by atoms with Gasteiger partial charge < -0.3 is 10.3 Å². The summed E-state index contributed by atoms with van der Waals surface area (Å²) in [6.07, 6.45) is 4.73. The van der Waals surface area contributed by atoms with Crippen molar-refractivity contribution in [3.8, 4) is 11.4 Å². The fourth-order valence-electron chi connectivity index (χ4n) is 2.76. The molecule has 1 aliphatic rings. The zero-order chi connectivity index (χ0) is 15.8. The van der Waals surface area contributed by atoms with E-state index in [1.165, 1.54) is 17.7 Å². The van der Waals surface area contributed by atoms with Crippen molar-refractivity contribution in [1.82, 2.24) is 19.9 Å². The molecule has 116 valence electrons. The Morgan fingerprint density at radius 2 is 2.30 bits per heavy atom. The van der Waals surface area contributed by atoms with Crippen molar-refractivity contribution in [2.45, 2.75) is 19.3 Å². The minimum atomic E-state index is -0.231. The van der Waals surface area contributed by atoms with Crippen LogP contribution in [-0.4, -0.2) is 31.6 Å². The summed E-state index contributed by atoms with van der Waals surface area (Å²) in [7, 11) is 0. The number of carbonyl (C=O) groups excluding carboxylic acids is 2. The summed E-state index contributed by atoms with van der Waals surface area (Å²) in [5.74, 6) is -0.211. The van der Waals surface area contributed by atoms with Gasteiger partial charge in [0.15, 0.2) is 5.13 Å². The third-order valence-corrected chi connectivity index (χ3v) is 4.71. The minimum Gasteiger partial charge on any atom is -0.346 e. The summed E-state index contributed by atoms with van der Waals surface area (Å²) < 4.78 is 0. The van der Waals surface area contributed by atoms with E-state index >= 15 is 0 Å². The van der Waals surface area contributed by atoms with Gasteiger partial charge in [0.05, 0.1) is 0 Å². The molecule has 1 amide bonds. The maximum Gasteiger partial charge on any atom is 0.229 e. The first-order valence-electron chi connectivity index (χ1n) is 7.27. The quantitative estimate of drug-likeness (QED) is 0.769. The molecule has 0 radical (unpaired) electrons. The molecule has 0 bridgehead atoms. The first-order chi connectivity index (χ1) is 11.2. The van der Waals surface area contributed by atoms with E-state index in [0.717, 1.165) is 16.7 Å². The number of hydrogen-bond acceptors (Lipinski definition) is 6. The van der Waals surface area contributed by atoms with Crippen LogP contribution in [0.4, 0.5) is 5.13 Å². The Kier molecular flexibility index (Phi) is 3.38. The van der Waals surface area contributed by atoms with Crippen molar-refractivity contribution in [1.29, 1.82) is 0 Å². The highest BCUT2D eigenvalue weighted by Gasteiger charge is 2.28. The zero-order valence-corrected chi connectivity index (χ0v) is 12.9. The van der Waals surface area contributed by atoms with E-state index in [1.54, 1.807) is 6.20 Å². The Morgan fingerprint density at radius 1 is 1.39 bits per heavy atom. The number of carbonyl (C=O) groups is 2. The van der Waals surface area contributed by atoms with E-state index in [1.807, 2.05) is 11.4 Å². The van der Waals surface area contributed by atoms with Gasteiger partial charge in [-0.25, -0.2) is 15.0 Å². The topological polar surface area (TPSA) is 101 Å². The van der Waals surface area contributed by atoms with Gasteiger partial charge >= 0.3 is 0 Å². The molecule has 8 heteroatoms. The Labute approximate surface area is 135 Å². The second-order valence-electron chi connectivity index (χ2n) is 5.47. The number of fused-ring (bicyclic) bond motifs is 1. The molecule has 23 heavy (non-hydrogen) atoms. The van der Waals surface area contributed by atoms with E-state index in [-0.39, 0.29) is 17.6 Å². The zero-order valence-electron chi connectivity index (χ0n) is 12.1. The van der Waals surface area contributed by atoms with Gasteiger partial charge in [-0.3, -0.25) is 9.59 Å². The molecule has 1 atom stereocenters. The molecular weight excluding hydrogens is 314 g/mol. The van der Waals surface area contributed by atoms with Crippen molar-refractivity contribution in [3.05, 3.63) is 24.0 Å². The third kappa shape index (κ3) is 2.61. The van der Waals surface area contributed by atoms with Gasteiger partial charge in [0.1, 0.15) is 29.1 Å². The molecule has 0 spiro atoms. The number of anilines is 1. The largest absolute Gasteiger partial charge is 0.346 e. The summed E-state index contributed by atoms with van der Waals surface area (Å²) in [5, 5.41) is 6.06. The highest BCUT2D eigenvalue weighted by atomic mass is 32.1. The summed E-state index contributed by atoms with van der Waals surface area (Å²) in [6, 6.07) is 1.90. The molecule has 7 nitrogen and oxygen atoms in total. The highest BCUT2D eigenvalue weighted by Crippen LogP contribution is 2.29. The van der Waals surface area contributed by atoms with E-state index in [4.69, 9.17) is 0 Å². The number of H-pyrrole nitrogens is 1. The number of aromatic amines is 1. The summed E-state index contributed by atoms with van der Waals surface area (Å²) in [4.78, 5) is 39.3. The van der Waals surface area contributed by atoms with Gasteiger partial charge in [0.25, 0.3) is 0 Å². The van der Waals surface area contributed by atoms with Crippen LogP contribution in [-0.2, 0) is 9.59 Å². The number of rotatable bonds is 3. The lowest BCUT2D eigenvalue weighted by Crippen LogP contribution is -2.20. The summed E-state index contributed by atoms with van der Waals surface area (Å²) in [5.41, 5.74) is 2.17. The van der Waals surface area contributed by atoms with Crippen molar-refractivity contribution < 1.29 is 9.59 Å². The van der Waals surface area contributed by atoms with Gasteiger partial charge in [0.2, 0.25) is 5.91 Å². The van der Waals surface area contributed by atoms with Crippen LogP contribution in [0, 0.1) is 5.92 Å². The predicted molar refractivity (Wildman–Crippen MR) is 86.0 cm³/mol. The number of hydrogen-bond donors (Lipinski definition) is 2. The number of thiazole rings is 1. The van der Waals surface area contributed by atoms with E-state index < -0.39 is 0 Å². The molecule has 1 unspecified atom stereocenters. The summed E-state index contributed by atoms with van der Waals surface area (Å²) >= 11 is 1.34. The molecule has 1 fully saturated rings. The van der Waals surface area contributed by atoms with Crippen molar-refractivity contribution >= 4 is 39.2 Å². The maximum atomic E-state index is 12.1. The lowest BCUT2D eigenvalue weighted by atomic mass is 10.1. The number of Topliss-reactive ketones (excluding diaryl/α,β-unsaturated/α-hetero) is 1. The average molecular weight is 327 g/mol. The second kappa shape index (κ2) is 5.54. The van der Waals surface area contributed by atoms with Gasteiger partial charge in [-0.15, -0.1) is 11.3 Å². The Morgan fingerprint density at radius 3 is 3.13 bits per heavy atom. The van der Waals surface area contributed by atoms with Gasteiger partial charge in [-0.2, -0.15) is 0 Å². The van der Waals surface area contributed by atoms with Crippen molar-refractivity contribution in [2.24, 2.45) is 5.92 Å². The Hall–Kier alpha value is -2.61. The number of aromatic nitrogens is 4. The molecule has 1 saturated carbocycles. The Balaban J connectivity index is 1.56.